The maximum Gasteiger partial charge on any atom is 0.419 e. The first-order valence-corrected chi connectivity index (χ1v) is 6.61. The van der Waals surface area contributed by atoms with Crippen molar-refractivity contribution in [3.05, 3.63) is 59.2 Å². The van der Waals surface area contributed by atoms with Gasteiger partial charge in [-0.05, 0) is 30.2 Å². The molecule has 0 radical (unpaired) electrons. The third kappa shape index (κ3) is 3.49. The standard InChI is InChI=1S/C16H12F5NO/c1-9(22-8-23)11-6-5-10(7-14(11)18)12-3-2-4-13(17)15(12)16(19,20)21/h2-9H,1H3,(H,22,23). The number of carbonyl (C=O) groups is 1. The molecule has 0 saturated carbocycles. The summed E-state index contributed by atoms with van der Waals surface area (Å²) in [4.78, 5) is 10.4. The van der Waals surface area contributed by atoms with E-state index >= 15 is 0 Å². The highest BCUT2D eigenvalue weighted by Crippen LogP contribution is 2.39. The summed E-state index contributed by atoms with van der Waals surface area (Å²) in [6.45, 7) is 1.52. The second kappa shape index (κ2) is 6.36. The molecule has 0 aliphatic rings. The Morgan fingerprint density at radius 3 is 2.35 bits per heavy atom. The van der Waals surface area contributed by atoms with Crippen molar-refractivity contribution in [1.82, 2.24) is 5.32 Å². The van der Waals surface area contributed by atoms with Crippen LogP contribution >= 0.6 is 0 Å². The number of carbonyl (C=O) groups excluding carboxylic acids is 1. The fourth-order valence-electron chi connectivity index (χ4n) is 2.29. The van der Waals surface area contributed by atoms with Crippen molar-refractivity contribution >= 4 is 6.41 Å². The molecule has 0 spiro atoms. The van der Waals surface area contributed by atoms with Gasteiger partial charge in [0.05, 0.1) is 11.6 Å². The highest BCUT2D eigenvalue weighted by molar-refractivity contribution is 5.69. The van der Waals surface area contributed by atoms with Gasteiger partial charge in [-0.3, -0.25) is 4.79 Å². The minimum atomic E-state index is -4.90. The lowest BCUT2D eigenvalue weighted by molar-refractivity contribution is -0.139. The van der Waals surface area contributed by atoms with Gasteiger partial charge in [0, 0.05) is 5.56 Å². The van der Waals surface area contributed by atoms with E-state index in [1.54, 1.807) is 0 Å². The third-order valence-corrected chi connectivity index (χ3v) is 3.39. The van der Waals surface area contributed by atoms with Crippen molar-refractivity contribution in [3.63, 3.8) is 0 Å². The number of hydrogen-bond acceptors (Lipinski definition) is 1. The zero-order valence-corrected chi connectivity index (χ0v) is 11.9. The van der Waals surface area contributed by atoms with E-state index in [0.717, 1.165) is 18.2 Å². The topological polar surface area (TPSA) is 29.1 Å². The molecule has 0 aliphatic heterocycles. The molecule has 7 heteroatoms. The Kier molecular flexibility index (Phi) is 4.68. The highest BCUT2D eigenvalue weighted by Gasteiger charge is 2.37. The first-order valence-electron chi connectivity index (χ1n) is 6.61. The van der Waals surface area contributed by atoms with Crippen LogP contribution in [0.25, 0.3) is 11.1 Å². The Bertz CT molecular complexity index is 727. The van der Waals surface area contributed by atoms with Crippen LogP contribution in [0.2, 0.25) is 0 Å². The highest BCUT2D eigenvalue weighted by atomic mass is 19.4. The number of nitrogens with one attached hydrogen (secondary N) is 1. The van der Waals surface area contributed by atoms with Crippen LogP contribution in [-0.4, -0.2) is 6.41 Å². The fourth-order valence-corrected chi connectivity index (χ4v) is 2.29. The maximum absolute atomic E-state index is 14.1. The molecule has 0 aromatic heterocycles. The molecular weight excluding hydrogens is 317 g/mol. The summed E-state index contributed by atoms with van der Waals surface area (Å²) in [6, 6.07) is 5.67. The minimum absolute atomic E-state index is 0.101. The maximum atomic E-state index is 14.1. The number of benzene rings is 2. The summed E-state index contributed by atoms with van der Waals surface area (Å²) in [5, 5.41) is 2.35. The lowest BCUT2D eigenvalue weighted by atomic mass is 9.96. The lowest BCUT2D eigenvalue weighted by Crippen LogP contribution is -2.17. The molecule has 2 rings (SSSR count). The Labute approximate surface area is 128 Å². The monoisotopic (exact) mass is 329 g/mol. The van der Waals surface area contributed by atoms with Gasteiger partial charge in [0.25, 0.3) is 0 Å². The van der Waals surface area contributed by atoms with E-state index in [1.807, 2.05) is 0 Å². The minimum Gasteiger partial charge on any atom is -0.352 e. The van der Waals surface area contributed by atoms with Gasteiger partial charge in [-0.15, -0.1) is 0 Å². The molecule has 0 saturated heterocycles. The molecule has 0 fully saturated rings. The van der Waals surface area contributed by atoms with Gasteiger partial charge in [-0.2, -0.15) is 13.2 Å². The molecule has 1 atom stereocenters. The van der Waals surface area contributed by atoms with Crippen LogP contribution in [0.3, 0.4) is 0 Å². The van der Waals surface area contributed by atoms with Crippen LogP contribution < -0.4 is 5.32 Å². The van der Waals surface area contributed by atoms with Crippen molar-refractivity contribution in [3.8, 4) is 11.1 Å². The van der Waals surface area contributed by atoms with Crippen molar-refractivity contribution in [2.24, 2.45) is 0 Å². The number of hydrogen-bond donors (Lipinski definition) is 1. The van der Waals surface area contributed by atoms with Gasteiger partial charge in [0.1, 0.15) is 11.6 Å². The first kappa shape index (κ1) is 16.9. The van der Waals surface area contributed by atoms with E-state index in [1.165, 1.54) is 19.1 Å². The van der Waals surface area contributed by atoms with Gasteiger partial charge in [-0.25, -0.2) is 8.78 Å². The van der Waals surface area contributed by atoms with Crippen molar-refractivity contribution < 1.29 is 26.7 Å². The molecule has 1 amide bonds. The SMILES string of the molecule is CC(NC=O)c1ccc(-c2cccc(F)c2C(F)(F)F)cc1F. The van der Waals surface area contributed by atoms with E-state index in [-0.39, 0.29) is 11.1 Å². The summed E-state index contributed by atoms with van der Waals surface area (Å²) in [6.07, 6.45) is -4.51. The van der Waals surface area contributed by atoms with E-state index < -0.39 is 35.0 Å². The Morgan fingerprint density at radius 1 is 1.09 bits per heavy atom. The molecule has 0 bridgehead atoms. The van der Waals surface area contributed by atoms with Crippen molar-refractivity contribution in [1.29, 1.82) is 0 Å². The van der Waals surface area contributed by atoms with Gasteiger partial charge in [0.2, 0.25) is 6.41 Å². The van der Waals surface area contributed by atoms with E-state index in [2.05, 4.69) is 5.32 Å². The Morgan fingerprint density at radius 2 is 1.78 bits per heavy atom. The molecule has 2 aromatic carbocycles. The second-order valence-electron chi connectivity index (χ2n) is 4.90. The Balaban J connectivity index is 2.55. The molecule has 122 valence electrons. The quantitative estimate of drug-likeness (QED) is 0.651. The van der Waals surface area contributed by atoms with E-state index in [9.17, 15) is 26.7 Å². The third-order valence-electron chi connectivity index (χ3n) is 3.39. The molecule has 23 heavy (non-hydrogen) atoms. The molecule has 2 aromatic rings. The smallest absolute Gasteiger partial charge is 0.352 e. The molecule has 1 unspecified atom stereocenters. The van der Waals surface area contributed by atoms with Crippen molar-refractivity contribution in [2.75, 3.05) is 0 Å². The summed E-state index contributed by atoms with van der Waals surface area (Å²) >= 11 is 0. The molecular formula is C16H12F5NO. The molecule has 1 N–H and O–H groups in total. The van der Waals surface area contributed by atoms with Crippen molar-refractivity contribution in [2.45, 2.75) is 19.1 Å². The lowest BCUT2D eigenvalue weighted by Gasteiger charge is -2.16. The predicted molar refractivity (Wildman–Crippen MR) is 74.4 cm³/mol. The summed E-state index contributed by atoms with van der Waals surface area (Å²) in [7, 11) is 0. The van der Waals surface area contributed by atoms with Crippen LogP contribution in [0, 0.1) is 11.6 Å². The summed E-state index contributed by atoms with van der Waals surface area (Å²) in [5.41, 5.74) is -1.87. The molecule has 0 aliphatic carbocycles. The van der Waals surface area contributed by atoms with Gasteiger partial charge >= 0.3 is 6.18 Å². The van der Waals surface area contributed by atoms with E-state index in [4.69, 9.17) is 0 Å². The van der Waals surface area contributed by atoms with Gasteiger partial charge < -0.3 is 5.32 Å². The van der Waals surface area contributed by atoms with Crippen LogP contribution in [0.1, 0.15) is 24.1 Å². The van der Waals surface area contributed by atoms with Crippen LogP contribution in [0.4, 0.5) is 22.0 Å². The first-order chi connectivity index (χ1) is 10.8. The van der Waals surface area contributed by atoms with Gasteiger partial charge in [-0.1, -0.05) is 24.3 Å². The molecule has 2 nitrogen and oxygen atoms in total. The van der Waals surface area contributed by atoms with Crippen LogP contribution in [0.15, 0.2) is 36.4 Å². The fraction of sp³-hybridized carbons (Fsp3) is 0.188. The summed E-state index contributed by atoms with van der Waals surface area (Å²) in [5.74, 6) is -2.21. The van der Waals surface area contributed by atoms with E-state index in [0.29, 0.717) is 12.5 Å². The number of amides is 1. The van der Waals surface area contributed by atoms with Gasteiger partial charge in [0.15, 0.2) is 0 Å². The second-order valence-corrected chi connectivity index (χ2v) is 4.90. The number of rotatable bonds is 4. The summed E-state index contributed by atoms with van der Waals surface area (Å²) < 4.78 is 66.7. The predicted octanol–water partition coefficient (Wildman–Crippen LogP) is 4.46. The molecule has 0 heterocycles. The zero-order valence-electron chi connectivity index (χ0n) is 11.9. The average molecular weight is 329 g/mol. The normalized spacial score (nSPS) is 12.8. The number of halogens is 5. The zero-order chi connectivity index (χ0) is 17.2. The average Bonchev–Trinajstić information content (AvgIpc) is 2.45. The largest absolute Gasteiger partial charge is 0.419 e. The van der Waals surface area contributed by atoms with Crippen LogP contribution in [-0.2, 0) is 11.0 Å². The number of alkyl halides is 3. The Hall–Kier alpha value is -2.44. The van der Waals surface area contributed by atoms with Crippen LogP contribution in [0.5, 0.6) is 0 Å².